The fraction of sp³-hybridized carbons (Fsp3) is 0.941. The van der Waals surface area contributed by atoms with Crippen LogP contribution in [0, 0.1) is 17.8 Å². The highest BCUT2D eigenvalue weighted by Gasteiger charge is 2.34. The molecule has 0 bridgehead atoms. The third kappa shape index (κ3) is 22.3. The van der Waals surface area contributed by atoms with Crippen molar-refractivity contribution < 1.29 is 44.3 Å². The lowest BCUT2D eigenvalue weighted by atomic mass is 9.95. The minimum atomic E-state index is -3.21. The van der Waals surface area contributed by atoms with Gasteiger partial charge < -0.3 is 31.2 Å². The van der Waals surface area contributed by atoms with Crippen LogP contribution in [0.5, 0.6) is 0 Å². The van der Waals surface area contributed by atoms with E-state index in [9.17, 15) is 34.8 Å². The molecule has 3 aliphatic rings. The summed E-state index contributed by atoms with van der Waals surface area (Å²) in [6.45, 7) is 25.8. The molecule has 3 saturated heterocycles. The molecule has 2 amide bonds. The van der Waals surface area contributed by atoms with Crippen molar-refractivity contribution in [2.75, 3.05) is 56.5 Å². The number of nitrogens with two attached hydrogens (primary N) is 1. The Bertz CT molecular complexity index is 1470. The number of hydrogen-bond donors (Lipinski definition) is 4. The number of carbonyl (C=O) groups is 2. The monoisotopic (exact) mass is 854 g/mol. The second-order valence-corrected chi connectivity index (χ2v) is 23.6. The second kappa shape index (κ2) is 23.1. The van der Waals surface area contributed by atoms with Crippen LogP contribution in [0.4, 0.5) is 9.59 Å². The summed E-state index contributed by atoms with van der Waals surface area (Å²) < 4.78 is 79.7. The molecule has 3 fully saturated rings. The van der Waals surface area contributed by atoms with Gasteiger partial charge in [-0.15, -0.1) is 0 Å². The molecule has 3 rings (SSSR count). The van der Waals surface area contributed by atoms with Crippen molar-refractivity contribution in [1.82, 2.24) is 24.6 Å². The van der Waals surface area contributed by atoms with Gasteiger partial charge in [0.2, 0.25) is 29.1 Å². The van der Waals surface area contributed by atoms with E-state index < -0.39 is 46.4 Å². The number of amides is 2. The number of nitrogens with zero attached hydrogens (tertiary/aromatic N) is 2. The third-order valence-corrected chi connectivity index (χ3v) is 14.0. The Labute approximate surface area is 331 Å². The molecular weight excluding hydrogens is 784 g/mol. The number of carbonyl (C=O) groups excluding carboxylic acids is 2. The topological polar surface area (TPSA) is 224 Å². The van der Waals surface area contributed by atoms with Crippen molar-refractivity contribution in [3.05, 3.63) is 0 Å². The number of rotatable bonds is 7. The standard InChI is InChI=1S/C13H26N2O4S.C11H22N2O2.C8H18N2O2S.C2H5ClO2S/c1-6-20(17,18)15-8-7-10(2)11(9-15)14-12(16)19-13(3,4)5;1-8-5-6-12-7-9(8)13-10(14)15-11(2,3)4;1-3-13(11,12)10-5-4-7(2)8(9)6-10;1-2-6(3,4)5/h10-11H,6-9H2,1-5H3,(H,14,16);8-9,12H,5-7H2,1-4H3,(H,13,14);7-8H,3-6,9H2,1-2H3;2H2,1H3/t10-,11+;8-,9+;7-,8+;/m111./s1. The van der Waals surface area contributed by atoms with Crippen LogP contribution in [-0.4, -0.2) is 132 Å². The minimum Gasteiger partial charge on any atom is -0.444 e. The van der Waals surface area contributed by atoms with Crippen LogP contribution in [0.25, 0.3) is 0 Å². The molecule has 0 saturated carbocycles. The average Bonchev–Trinajstić information content (AvgIpc) is 3.03. The molecule has 0 aromatic heterocycles. The summed E-state index contributed by atoms with van der Waals surface area (Å²) >= 11 is 0. The molecule has 322 valence electrons. The molecule has 5 N–H and O–H groups in total. The molecule has 6 atom stereocenters. The van der Waals surface area contributed by atoms with Crippen LogP contribution in [-0.2, 0) is 38.6 Å². The van der Waals surface area contributed by atoms with Gasteiger partial charge in [-0.2, -0.15) is 4.31 Å². The molecule has 0 aromatic carbocycles. The van der Waals surface area contributed by atoms with Crippen molar-refractivity contribution in [1.29, 1.82) is 0 Å². The first kappa shape index (κ1) is 52.5. The highest BCUT2D eigenvalue weighted by molar-refractivity contribution is 8.13. The van der Waals surface area contributed by atoms with E-state index in [1.165, 1.54) is 15.5 Å². The summed E-state index contributed by atoms with van der Waals surface area (Å²) in [6.07, 6.45) is 1.90. The van der Waals surface area contributed by atoms with E-state index >= 15 is 0 Å². The first-order valence-electron chi connectivity index (χ1n) is 18.8. The summed E-state index contributed by atoms with van der Waals surface area (Å²) in [5.74, 6) is 1.44. The van der Waals surface area contributed by atoms with E-state index in [2.05, 4.69) is 40.5 Å². The Balaban J connectivity index is 0.000000739. The maximum atomic E-state index is 11.9. The smallest absolute Gasteiger partial charge is 0.407 e. The molecular formula is C34H71ClN6O10S3. The lowest BCUT2D eigenvalue weighted by Gasteiger charge is -2.36. The van der Waals surface area contributed by atoms with Gasteiger partial charge in [-0.25, -0.2) is 39.1 Å². The summed E-state index contributed by atoms with van der Waals surface area (Å²) in [5.41, 5.74) is 4.83. The van der Waals surface area contributed by atoms with Gasteiger partial charge in [0, 0.05) is 61.5 Å². The van der Waals surface area contributed by atoms with Gasteiger partial charge in [-0.05, 0) is 99.0 Å². The first-order valence-corrected chi connectivity index (χ1v) is 24.5. The molecule has 0 unspecified atom stereocenters. The maximum absolute atomic E-state index is 11.9. The lowest BCUT2D eigenvalue weighted by molar-refractivity contribution is 0.0457. The quantitative estimate of drug-likeness (QED) is 0.270. The van der Waals surface area contributed by atoms with Crippen molar-refractivity contribution in [3.8, 4) is 0 Å². The van der Waals surface area contributed by atoms with E-state index in [0.29, 0.717) is 38.0 Å². The van der Waals surface area contributed by atoms with Crippen LogP contribution >= 0.6 is 10.7 Å². The van der Waals surface area contributed by atoms with Gasteiger partial charge in [-0.1, -0.05) is 27.7 Å². The van der Waals surface area contributed by atoms with E-state index in [0.717, 1.165) is 32.4 Å². The number of sulfonamides is 2. The van der Waals surface area contributed by atoms with Crippen LogP contribution in [0.1, 0.15) is 102 Å². The van der Waals surface area contributed by atoms with Crippen LogP contribution < -0.4 is 21.7 Å². The van der Waals surface area contributed by atoms with Gasteiger partial charge in [0.05, 0.1) is 17.3 Å². The molecule has 3 aliphatic heterocycles. The number of hydrogen-bond acceptors (Lipinski definition) is 12. The van der Waals surface area contributed by atoms with Crippen molar-refractivity contribution >= 4 is 52.0 Å². The summed E-state index contributed by atoms with van der Waals surface area (Å²) in [5, 5.41) is 8.95. The van der Waals surface area contributed by atoms with Crippen LogP contribution in [0.15, 0.2) is 0 Å². The van der Waals surface area contributed by atoms with Gasteiger partial charge >= 0.3 is 12.2 Å². The van der Waals surface area contributed by atoms with Gasteiger partial charge in [0.15, 0.2) is 0 Å². The number of nitrogens with one attached hydrogen (secondary N) is 3. The SMILES string of the molecule is CCS(=O)(=O)Cl.CCS(=O)(=O)N1CC[C@@H](C)[C@@H](N)C1.CCS(=O)(=O)N1CC[C@@H](C)[C@@H](NC(=O)OC(C)(C)C)C1.C[C@@H]1CCNC[C@@H]1NC(=O)OC(C)(C)C. The van der Waals surface area contributed by atoms with Gasteiger partial charge in [0.1, 0.15) is 11.2 Å². The van der Waals surface area contributed by atoms with Gasteiger partial charge in [-0.3, -0.25) is 0 Å². The van der Waals surface area contributed by atoms with E-state index in [-0.39, 0.29) is 47.4 Å². The largest absolute Gasteiger partial charge is 0.444 e. The summed E-state index contributed by atoms with van der Waals surface area (Å²) in [6, 6.07) is -0.0244. The highest BCUT2D eigenvalue weighted by atomic mass is 35.7. The third-order valence-electron chi connectivity index (χ3n) is 8.99. The van der Waals surface area contributed by atoms with Crippen molar-refractivity contribution in [3.63, 3.8) is 0 Å². The van der Waals surface area contributed by atoms with E-state index in [1.807, 2.05) is 27.7 Å². The van der Waals surface area contributed by atoms with Crippen LogP contribution in [0.3, 0.4) is 0 Å². The zero-order valence-corrected chi connectivity index (χ0v) is 37.8. The highest BCUT2D eigenvalue weighted by Crippen LogP contribution is 2.21. The number of piperidine rings is 3. The molecule has 54 heavy (non-hydrogen) atoms. The molecule has 0 radical (unpaired) electrons. The lowest BCUT2D eigenvalue weighted by Crippen LogP contribution is -2.54. The summed E-state index contributed by atoms with van der Waals surface area (Å²) in [7, 11) is -4.73. The average molecular weight is 856 g/mol. The molecule has 0 aromatic rings. The molecule has 0 spiro atoms. The van der Waals surface area contributed by atoms with E-state index in [4.69, 9.17) is 15.2 Å². The molecule has 16 nitrogen and oxygen atoms in total. The van der Waals surface area contributed by atoms with Crippen molar-refractivity contribution in [2.24, 2.45) is 23.5 Å². The van der Waals surface area contributed by atoms with Crippen molar-refractivity contribution in [2.45, 2.75) is 132 Å². The first-order chi connectivity index (χ1) is 24.5. The fourth-order valence-electron chi connectivity index (χ4n) is 5.27. The van der Waals surface area contributed by atoms with Gasteiger partial charge in [0.25, 0.3) is 0 Å². The predicted molar refractivity (Wildman–Crippen MR) is 216 cm³/mol. The molecule has 20 heteroatoms. The Morgan fingerprint density at radius 3 is 1.46 bits per heavy atom. The fourth-order valence-corrected chi connectivity index (χ4v) is 7.55. The predicted octanol–water partition coefficient (Wildman–Crippen LogP) is 3.66. The van der Waals surface area contributed by atoms with Crippen LogP contribution in [0.2, 0.25) is 0 Å². The number of halogens is 1. The number of ether oxygens (including phenoxy) is 2. The maximum Gasteiger partial charge on any atom is 0.407 e. The molecule has 3 heterocycles. The second-order valence-electron chi connectivity index (χ2n) is 16.0. The normalized spacial score (nSPS) is 25.9. The van der Waals surface area contributed by atoms with E-state index in [1.54, 1.807) is 34.6 Å². The zero-order valence-electron chi connectivity index (χ0n) is 34.6. The summed E-state index contributed by atoms with van der Waals surface area (Å²) in [4.78, 5) is 23.3. The molecule has 0 aliphatic carbocycles. The Kier molecular flexibility index (Phi) is 22.4. The number of alkyl carbamates (subject to hydrolysis) is 2. The zero-order chi connectivity index (χ0) is 42.3. The minimum absolute atomic E-state index is 0.00456. The Morgan fingerprint density at radius 2 is 1.09 bits per heavy atom. The Morgan fingerprint density at radius 1 is 0.704 bits per heavy atom. The Hall–Kier alpha value is -1.48.